The molecule has 1 aromatic rings. The zero-order valence-corrected chi connectivity index (χ0v) is 12.4. The molecule has 0 aliphatic rings. The summed E-state index contributed by atoms with van der Waals surface area (Å²) < 4.78 is 10.9. The number of furan rings is 1. The maximum atomic E-state index is 10.6. The molecule has 0 aromatic carbocycles. The first-order chi connectivity index (χ1) is 8.53. The van der Waals surface area contributed by atoms with Crippen LogP contribution in [0.1, 0.15) is 18.3 Å². The van der Waals surface area contributed by atoms with Gasteiger partial charge in [-0.25, -0.2) is 0 Å². The minimum absolute atomic E-state index is 0.269. The van der Waals surface area contributed by atoms with Crippen molar-refractivity contribution < 1.29 is 13.9 Å². The molecule has 0 spiro atoms. The zero-order valence-electron chi connectivity index (χ0n) is 11.4. The Balaban J connectivity index is 2.37. The number of hydrogen-bond acceptors (Lipinski definition) is 3. The predicted molar refractivity (Wildman–Crippen MR) is 75.4 cm³/mol. The Morgan fingerprint density at radius 1 is 1.39 bits per heavy atom. The third kappa shape index (κ3) is 5.98. The van der Waals surface area contributed by atoms with E-state index < -0.39 is 8.07 Å². The van der Waals surface area contributed by atoms with Gasteiger partial charge in [-0.3, -0.25) is 0 Å². The highest BCUT2D eigenvalue weighted by Gasteiger charge is 2.13. The van der Waals surface area contributed by atoms with Crippen LogP contribution in [0.4, 0.5) is 0 Å². The van der Waals surface area contributed by atoms with Crippen LogP contribution < -0.4 is 0 Å². The number of carbonyl (C=O) groups excluding carboxylic acids is 1. The number of rotatable bonds is 8. The smallest absolute Gasteiger partial charge is 0.132 e. The van der Waals surface area contributed by atoms with Gasteiger partial charge in [-0.15, -0.1) is 0 Å². The predicted octanol–water partition coefficient (Wildman–Crippen LogP) is 3.82. The van der Waals surface area contributed by atoms with Crippen molar-refractivity contribution in [3.63, 3.8) is 0 Å². The quantitative estimate of drug-likeness (QED) is 0.408. The van der Waals surface area contributed by atoms with Crippen molar-refractivity contribution in [3.05, 3.63) is 36.3 Å². The maximum absolute atomic E-state index is 10.6. The standard InChI is InChI=1S/C14H22O3Si/c1-18(2,3)12-5-4-10-16-14(8-9-15)13-7-6-11-17-13/h4-7,9,11,14H,8,10,12H2,1-3H3/b5-4-. The number of hydrogen-bond donors (Lipinski definition) is 0. The van der Waals surface area contributed by atoms with E-state index in [1.807, 2.05) is 12.1 Å². The first kappa shape index (κ1) is 14.9. The molecule has 1 unspecified atom stereocenters. The van der Waals surface area contributed by atoms with Crippen molar-refractivity contribution in [2.45, 2.75) is 38.2 Å². The molecule has 0 saturated heterocycles. The second-order valence-electron chi connectivity index (χ2n) is 5.48. The Kier molecular flexibility index (Phi) is 6.08. The normalized spacial score (nSPS) is 13.9. The lowest BCUT2D eigenvalue weighted by Crippen LogP contribution is -2.17. The SMILES string of the molecule is C[Si](C)(C)C/C=C\COC(CC=O)c1ccco1. The Morgan fingerprint density at radius 3 is 2.72 bits per heavy atom. The highest BCUT2D eigenvalue weighted by Crippen LogP contribution is 2.20. The van der Waals surface area contributed by atoms with Crippen molar-refractivity contribution >= 4 is 14.4 Å². The topological polar surface area (TPSA) is 39.4 Å². The second-order valence-corrected chi connectivity index (χ2v) is 11.0. The minimum atomic E-state index is -1.02. The van der Waals surface area contributed by atoms with Gasteiger partial charge in [0.25, 0.3) is 0 Å². The number of allylic oxidation sites excluding steroid dienone is 1. The van der Waals surface area contributed by atoms with E-state index in [4.69, 9.17) is 9.15 Å². The Hall–Kier alpha value is -1.13. The molecule has 0 bridgehead atoms. The van der Waals surface area contributed by atoms with Crippen molar-refractivity contribution in [2.24, 2.45) is 0 Å². The maximum Gasteiger partial charge on any atom is 0.132 e. The lowest BCUT2D eigenvalue weighted by Gasteiger charge is -2.13. The molecule has 100 valence electrons. The zero-order chi connectivity index (χ0) is 13.4. The van der Waals surface area contributed by atoms with E-state index in [2.05, 4.69) is 25.7 Å². The van der Waals surface area contributed by atoms with Gasteiger partial charge in [0.2, 0.25) is 0 Å². The van der Waals surface area contributed by atoms with Gasteiger partial charge < -0.3 is 13.9 Å². The summed E-state index contributed by atoms with van der Waals surface area (Å²) in [5.41, 5.74) is 0. The summed E-state index contributed by atoms with van der Waals surface area (Å²) in [6.45, 7) is 7.51. The average Bonchev–Trinajstić information content (AvgIpc) is 2.79. The van der Waals surface area contributed by atoms with Gasteiger partial charge in [0.1, 0.15) is 18.2 Å². The molecule has 18 heavy (non-hydrogen) atoms. The fraction of sp³-hybridized carbons (Fsp3) is 0.500. The molecule has 1 heterocycles. The molecule has 1 rings (SSSR count). The van der Waals surface area contributed by atoms with Crippen LogP contribution in [-0.4, -0.2) is 21.0 Å². The summed E-state index contributed by atoms with van der Waals surface area (Å²) in [5, 5.41) is 0. The fourth-order valence-corrected chi connectivity index (χ4v) is 2.38. The van der Waals surface area contributed by atoms with Gasteiger partial charge in [-0.2, -0.15) is 0 Å². The van der Waals surface area contributed by atoms with E-state index in [9.17, 15) is 4.79 Å². The van der Waals surface area contributed by atoms with Crippen molar-refractivity contribution in [3.8, 4) is 0 Å². The van der Waals surface area contributed by atoms with E-state index in [1.54, 1.807) is 12.3 Å². The summed E-state index contributed by atoms with van der Waals surface area (Å²) >= 11 is 0. The molecule has 0 fully saturated rings. The van der Waals surface area contributed by atoms with Crippen LogP contribution in [0.5, 0.6) is 0 Å². The van der Waals surface area contributed by atoms with Crippen LogP contribution in [0.25, 0.3) is 0 Å². The molecule has 1 atom stereocenters. The molecule has 3 nitrogen and oxygen atoms in total. The van der Waals surface area contributed by atoms with Gasteiger partial charge in [-0.1, -0.05) is 31.8 Å². The summed E-state index contributed by atoms with van der Waals surface area (Å²) in [4.78, 5) is 10.6. The Bertz CT molecular complexity index is 363. The molecule has 0 aliphatic heterocycles. The summed E-state index contributed by atoms with van der Waals surface area (Å²) in [6, 6.07) is 4.78. The van der Waals surface area contributed by atoms with Crippen molar-refractivity contribution in [1.29, 1.82) is 0 Å². The highest BCUT2D eigenvalue weighted by molar-refractivity contribution is 6.76. The fourth-order valence-electron chi connectivity index (χ4n) is 1.50. The third-order valence-electron chi connectivity index (χ3n) is 2.46. The monoisotopic (exact) mass is 266 g/mol. The molecule has 0 aliphatic carbocycles. The van der Waals surface area contributed by atoms with E-state index in [1.165, 1.54) is 0 Å². The van der Waals surface area contributed by atoms with Crippen molar-refractivity contribution in [2.75, 3.05) is 6.61 Å². The average molecular weight is 266 g/mol. The van der Waals surface area contributed by atoms with E-state index in [0.717, 1.165) is 12.3 Å². The van der Waals surface area contributed by atoms with Gasteiger partial charge in [-0.05, 0) is 18.2 Å². The molecule has 4 heteroatoms. The van der Waals surface area contributed by atoms with E-state index >= 15 is 0 Å². The lowest BCUT2D eigenvalue weighted by molar-refractivity contribution is -0.110. The largest absolute Gasteiger partial charge is 0.467 e. The van der Waals surface area contributed by atoms with Crippen LogP contribution in [0, 0.1) is 0 Å². The van der Waals surface area contributed by atoms with Crippen molar-refractivity contribution in [1.82, 2.24) is 0 Å². The molecular formula is C14H22O3Si. The van der Waals surface area contributed by atoms with Crippen LogP contribution in [0.2, 0.25) is 25.7 Å². The second kappa shape index (κ2) is 7.33. The van der Waals surface area contributed by atoms with Gasteiger partial charge in [0, 0.05) is 14.5 Å². The molecule has 0 radical (unpaired) electrons. The third-order valence-corrected chi connectivity index (χ3v) is 3.92. The Labute approximate surface area is 110 Å². The first-order valence-corrected chi connectivity index (χ1v) is 9.97. The number of ether oxygens (including phenoxy) is 1. The first-order valence-electron chi connectivity index (χ1n) is 6.26. The van der Waals surface area contributed by atoms with Gasteiger partial charge in [0.15, 0.2) is 0 Å². The van der Waals surface area contributed by atoms with Crippen LogP contribution in [0.15, 0.2) is 35.0 Å². The number of aldehydes is 1. The molecule has 0 N–H and O–H groups in total. The molecule has 0 saturated carbocycles. The van der Waals surface area contributed by atoms with Crippen LogP contribution in [-0.2, 0) is 9.53 Å². The van der Waals surface area contributed by atoms with E-state index in [-0.39, 0.29) is 6.10 Å². The van der Waals surface area contributed by atoms with Gasteiger partial charge >= 0.3 is 0 Å². The van der Waals surface area contributed by atoms with Gasteiger partial charge in [0.05, 0.1) is 12.9 Å². The summed E-state index contributed by atoms with van der Waals surface area (Å²) in [6.07, 6.45) is 6.71. The van der Waals surface area contributed by atoms with Crippen LogP contribution in [0.3, 0.4) is 0 Å². The van der Waals surface area contributed by atoms with E-state index in [0.29, 0.717) is 18.8 Å². The minimum Gasteiger partial charge on any atom is -0.467 e. The number of carbonyl (C=O) groups is 1. The highest BCUT2D eigenvalue weighted by atomic mass is 28.3. The molecule has 1 aromatic heterocycles. The molecule has 0 amide bonds. The lowest BCUT2D eigenvalue weighted by atomic mass is 10.2. The van der Waals surface area contributed by atoms with Crippen LogP contribution >= 0.6 is 0 Å². The summed E-state index contributed by atoms with van der Waals surface area (Å²) in [7, 11) is -1.02. The Morgan fingerprint density at radius 2 is 2.17 bits per heavy atom. The molecular weight excluding hydrogens is 244 g/mol. The summed E-state index contributed by atoms with van der Waals surface area (Å²) in [5.74, 6) is 0.709.